The highest BCUT2D eigenvalue weighted by atomic mass is 79.9. The maximum Gasteiger partial charge on any atom is 0.260 e. The Morgan fingerprint density at radius 1 is 1.12 bits per heavy atom. The number of nitrogens with zero attached hydrogens (tertiary/aromatic N) is 1. The lowest BCUT2D eigenvalue weighted by Gasteiger charge is -2.21. The van der Waals surface area contributed by atoms with Crippen LogP contribution in [0.2, 0.25) is 0 Å². The molecule has 5 nitrogen and oxygen atoms in total. The zero-order valence-electron chi connectivity index (χ0n) is 13.3. The van der Waals surface area contributed by atoms with Crippen molar-refractivity contribution in [1.82, 2.24) is 4.90 Å². The van der Waals surface area contributed by atoms with Crippen LogP contribution in [0.4, 0.5) is 0 Å². The summed E-state index contributed by atoms with van der Waals surface area (Å²) in [6, 6.07) is 13.1. The van der Waals surface area contributed by atoms with Gasteiger partial charge >= 0.3 is 0 Å². The molecular formula is C18H18BrNO4. The molecule has 0 aliphatic carbocycles. The van der Waals surface area contributed by atoms with E-state index in [0.29, 0.717) is 25.5 Å². The predicted octanol–water partition coefficient (Wildman–Crippen LogP) is 3.26. The molecule has 0 fully saturated rings. The fourth-order valence-corrected chi connectivity index (χ4v) is 2.60. The van der Waals surface area contributed by atoms with E-state index in [2.05, 4.69) is 15.9 Å². The first kappa shape index (κ1) is 16.6. The van der Waals surface area contributed by atoms with E-state index in [0.717, 1.165) is 21.5 Å². The number of fused-ring (bicyclic) bond motifs is 1. The summed E-state index contributed by atoms with van der Waals surface area (Å²) in [5.41, 5.74) is 0.985. The Morgan fingerprint density at radius 2 is 1.83 bits per heavy atom. The van der Waals surface area contributed by atoms with E-state index in [1.54, 1.807) is 11.9 Å². The number of hydrogen-bond donors (Lipinski definition) is 0. The van der Waals surface area contributed by atoms with Gasteiger partial charge in [0.05, 0.1) is 0 Å². The molecule has 6 heteroatoms. The summed E-state index contributed by atoms with van der Waals surface area (Å²) in [5.74, 6) is 2.05. The van der Waals surface area contributed by atoms with Crippen LogP contribution >= 0.6 is 15.9 Å². The van der Waals surface area contributed by atoms with Gasteiger partial charge in [0.25, 0.3) is 5.91 Å². The number of rotatable bonds is 5. The van der Waals surface area contributed by atoms with Crippen LogP contribution in [0.15, 0.2) is 46.9 Å². The second-order valence-electron chi connectivity index (χ2n) is 5.47. The van der Waals surface area contributed by atoms with Gasteiger partial charge in [-0.3, -0.25) is 4.79 Å². The second-order valence-corrected chi connectivity index (χ2v) is 6.39. The van der Waals surface area contributed by atoms with Gasteiger partial charge in [-0.1, -0.05) is 22.0 Å². The van der Waals surface area contributed by atoms with E-state index in [4.69, 9.17) is 14.2 Å². The molecule has 0 N–H and O–H groups in total. The van der Waals surface area contributed by atoms with Crippen LogP contribution in [0.1, 0.15) is 5.56 Å². The third kappa shape index (κ3) is 4.20. The molecule has 0 bridgehead atoms. The number of benzene rings is 2. The van der Waals surface area contributed by atoms with Crippen molar-refractivity contribution in [2.75, 3.05) is 26.9 Å². The van der Waals surface area contributed by atoms with Crippen molar-refractivity contribution in [2.24, 2.45) is 0 Å². The van der Waals surface area contributed by atoms with Crippen LogP contribution in [-0.2, 0) is 11.3 Å². The topological polar surface area (TPSA) is 48.0 Å². The summed E-state index contributed by atoms with van der Waals surface area (Å²) in [5, 5.41) is 0. The van der Waals surface area contributed by atoms with Crippen molar-refractivity contribution >= 4 is 21.8 Å². The van der Waals surface area contributed by atoms with Gasteiger partial charge < -0.3 is 19.1 Å². The molecular weight excluding hydrogens is 374 g/mol. The van der Waals surface area contributed by atoms with Crippen LogP contribution in [0.3, 0.4) is 0 Å². The van der Waals surface area contributed by atoms with Crippen molar-refractivity contribution in [1.29, 1.82) is 0 Å². The van der Waals surface area contributed by atoms with E-state index in [1.165, 1.54) is 0 Å². The smallest absolute Gasteiger partial charge is 0.260 e. The molecule has 3 rings (SSSR count). The molecule has 0 atom stereocenters. The third-order valence-electron chi connectivity index (χ3n) is 3.63. The largest absolute Gasteiger partial charge is 0.486 e. The van der Waals surface area contributed by atoms with Gasteiger partial charge in [-0.05, 0) is 42.0 Å². The number of hydrogen-bond acceptors (Lipinski definition) is 4. The zero-order chi connectivity index (χ0) is 16.9. The Hall–Kier alpha value is -2.21. The Morgan fingerprint density at radius 3 is 2.58 bits per heavy atom. The summed E-state index contributed by atoms with van der Waals surface area (Å²) in [4.78, 5) is 13.8. The van der Waals surface area contributed by atoms with Gasteiger partial charge in [-0.2, -0.15) is 0 Å². The standard InChI is InChI=1S/C18H18BrNO4/c1-20(18(21)12-24-15-5-3-14(19)4-6-15)11-13-2-7-16-17(10-13)23-9-8-22-16/h2-7,10H,8-9,11-12H2,1H3. The number of carbonyl (C=O) groups is 1. The molecule has 126 valence electrons. The highest BCUT2D eigenvalue weighted by Gasteiger charge is 2.14. The van der Waals surface area contributed by atoms with Gasteiger partial charge in [0, 0.05) is 18.1 Å². The first-order valence-corrected chi connectivity index (χ1v) is 8.42. The van der Waals surface area contributed by atoms with E-state index >= 15 is 0 Å². The van der Waals surface area contributed by atoms with Crippen LogP contribution < -0.4 is 14.2 Å². The van der Waals surface area contributed by atoms with Gasteiger partial charge in [-0.25, -0.2) is 0 Å². The van der Waals surface area contributed by atoms with Crippen molar-refractivity contribution in [3.8, 4) is 17.2 Å². The monoisotopic (exact) mass is 391 g/mol. The van der Waals surface area contributed by atoms with Crippen LogP contribution in [0.5, 0.6) is 17.2 Å². The molecule has 1 amide bonds. The predicted molar refractivity (Wildman–Crippen MR) is 93.5 cm³/mol. The van der Waals surface area contributed by atoms with Crippen LogP contribution in [-0.4, -0.2) is 37.7 Å². The SMILES string of the molecule is CN(Cc1ccc2c(c1)OCCO2)C(=O)COc1ccc(Br)cc1. The van der Waals surface area contributed by atoms with E-state index < -0.39 is 0 Å². The Kier molecular flexibility index (Phi) is 5.25. The van der Waals surface area contributed by atoms with Crippen molar-refractivity contribution in [2.45, 2.75) is 6.54 Å². The first-order chi connectivity index (χ1) is 11.6. The molecule has 0 unspecified atom stereocenters. The average Bonchev–Trinajstić information content (AvgIpc) is 2.61. The summed E-state index contributed by atoms with van der Waals surface area (Å²) < 4.78 is 17.5. The highest BCUT2D eigenvalue weighted by Crippen LogP contribution is 2.31. The molecule has 0 saturated carbocycles. The summed E-state index contributed by atoms with van der Waals surface area (Å²) >= 11 is 3.36. The normalized spacial score (nSPS) is 12.6. The maximum absolute atomic E-state index is 12.2. The zero-order valence-corrected chi connectivity index (χ0v) is 14.9. The number of carbonyl (C=O) groups excluding carboxylic acids is 1. The van der Waals surface area contributed by atoms with Crippen molar-refractivity contribution in [3.05, 3.63) is 52.5 Å². The fourth-order valence-electron chi connectivity index (χ4n) is 2.33. The Labute approximate surface area is 149 Å². The van der Waals surface area contributed by atoms with Crippen molar-refractivity contribution in [3.63, 3.8) is 0 Å². The molecule has 0 aromatic heterocycles. The summed E-state index contributed by atoms with van der Waals surface area (Å²) in [7, 11) is 1.75. The number of amides is 1. The number of likely N-dealkylation sites (N-methyl/N-ethyl adjacent to an activating group) is 1. The molecule has 0 radical (unpaired) electrons. The number of ether oxygens (including phenoxy) is 3. The molecule has 1 aliphatic heterocycles. The van der Waals surface area contributed by atoms with E-state index in [1.807, 2.05) is 42.5 Å². The molecule has 1 heterocycles. The fraction of sp³-hybridized carbons (Fsp3) is 0.278. The minimum Gasteiger partial charge on any atom is -0.486 e. The van der Waals surface area contributed by atoms with Gasteiger partial charge in [0.15, 0.2) is 18.1 Å². The van der Waals surface area contributed by atoms with Crippen LogP contribution in [0, 0.1) is 0 Å². The van der Waals surface area contributed by atoms with Crippen molar-refractivity contribution < 1.29 is 19.0 Å². The summed E-state index contributed by atoms with van der Waals surface area (Å²) in [6.07, 6.45) is 0. The molecule has 2 aromatic rings. The lowest BCUT2D eigenvalue weighted by atomic mass is 10.2. The first-order valence-electron chi connectivity index (χ1n) is 7.63. The maximum atomic E-state index is 12.2. The minimum absolute atomic E-state index is 0.00266. The van der Waals surface area contributed by atoms with Gasteiger partial charge in [0.1, 0.15) is 19.0 Å². The molecule has 0 spiro atoms. The molecule has 0 saturated heterocycles. The average molecular weight is 392 g/mol. The molecule has 24 heavy (non-hydrogen) atoms. The van der Waals surface area contributed by atoms with Gasteiger partial charge in [-0.15, -0.1) is 0 Å². The van der Waals surface area contributed by atoms with Crippen LogP contribution in [0.25, 0.3) is 0 Å². The highest BCUT2D eigenvalue weighted by molar-refractivity contribution is 9.10. The Bertz CT molecular complexity index is 717. The minimum atomic E-state index is -0.0900. The summed E-state index contributed by atoms with van der Waals surface area (Å²) in [6.45, 7) is 1.60. The lowest BCUT2D eigenvalue weighted by Crippen LogP contribution is -2.31. The Balaban J connectivity index is 1.55. The number of halogens is 1. The second kappa shape index (κ2) is 7.57. The van der Waals surface area contributed by atoms with E-state index in [-0.39, 0.29) is 12.5 Å². The molecule has 1 aliphatic rings. The van der Waals surface area contributed by atoms with E-state index in [9.17, 15) is 4.79 Å². The third-order valence-corrected chi connectivity index (χ3v) is 4.16. The van der Waals surface area contributed by atoms with Gasteiger partial charge in [0.2, 0.25) is 0 Å². The quantitative estimate of drug-likeness (QED) is 0.784. The molecule has 2 aromatic carbocycles. The lowest BCUT2D eigenvalue weighted by molar-refractivity contribution is -0.132.